The van der Waals surface area contributed by atoms with Gasteiger partial charge in [0.2, 0.25) is 5.91 Å². The van der Waals surface area contributed by atoms with Crippen LogP contribution >= 0.6 is 0 Å². The van der Waals surface area contributed by atoms with Crippen LogP contribution in [0, 0.1) is 20.8 Å². The highest BCUT2D eigenvalue weighted by molar-refractivity contribution is 5.89. The van der Waals surface area contributed by atoms with Crippen molar-refractivity contribution in [2.75, 3.05) is 6.54 Å². The number of nitrogens with zero attached hydrogens (tertiary/aromatic N) is 4. The standard InChI is InChI=1S/C19H24N4O/c1-13-9-14(2)11-16(10-13)19(5-4-6-19)18(24)22-7-8-23-15(3)20-21-17(23)12-22/h9-11H,4-8,12H2,1-3H3. The van der Waals surface area contributed by atoms with Crippen molar-refractivity contribution in [1.29, 1.82) is 0 Å². The van der Waals surface area contributed by atoms with Crippen molar-refractivity contribution >= 4 is 5.91 Å². The fourth-order valence-electron chi connectivity index (χ4n) is 4.19. The van der Waals surface area contributed by atoms with Crippen LogP contribution in [0.1, 0.15) is 47.6 Å². The van der Waals surface area contributed by atoms with E-state index in [-0.39, 0.29) is 11.3 Å². The lowest BCUT2D eigenvalue weighted by Gasteiger charge is -2.45. The van der Waals surface area contributed by atoms with Crippen LogP contribution in [0.4, 0.5) is 0 Å². The molecule has 1 saturated carbocycles. The molecule has 0 radical (unpaired) electrons. The lowest BCUT2D eigenvalue weighted by Crippen LogP contribution is -2.53. The van der Waals surface area contributed by atoms with Crippen molar-refractivity contribution < 1.29 is 4.79 Å². The molecule has 0 bridgehead atoms. The zero-order chi connectivity index (χ0) is 16.9. The molecule has 5 heteroatoms. The van der Waals surface area contributed by atoms with Gasteiger partial charge in [0.1, 0.15) is 5.82 Å². The smallest absolute Gasteiger partial charge is 0.233 e. The van der Waals surface area contributed by atoms with Crippen LogP contribution in [0.3, 0.4) is 0 Å². The van der Waals surface area contributed by atoms with E-state index in [9.17, 15) is 4.79 Å². The fourth-order valence-corrected chi connectivity index (χ4v) is 4.19. The fraction of sp³-hybridized carbons (Fsp3) is 0.526. The van der Waals surface area contributed by atoms with Crippen LogP contribution in [0.25, 0.3) is 0 Å². The second-order valence-corrected chi connectivity index (χ2v) is 7.35. The Morgan fingerprint density at radius 1 is 1.04 bits per heavy atom. The van der Waals surface area contributed by atoms with E-state index in [0.29, 0.717) is 6.54 Å². The number of carbonyl (C=O) groups excluding carboxylic acids is 1. The van der Waals surface area contributed by atoms with Gasteiger partial charge in [-0.15, -0.1) is 10.2 Å². The first-order valence-corrected chi connectivity index (χ1v) is 8.76. The van der Waals surface area contributed by atoms with Gasteiger partial charge in [0.25, 0.3) is 0 Å². The zero-order valence-electron chi connectivity index (χ0n) is 14.7. The van der Waals surface area contributed by atoms with Crippen molar-refractivity contribution in [1.82, 2.24) is 19.7 Å². The average Bonchev–Trinajstić information content (AvgIpc) is 2.86. The van der Waals surface area contributed by atoms with Gasteiger partial charge in [0, 0.05) is 13.1 Å². The first kappa shape index (κ1) is 15.4. The molecule has 1 aliphatic heterocycles. The number of carbonyl (C=O) groups is 1. The first-order valence-electron chi connectivity index (χ1n) is 8.76. The van der Waals surface area contributed by atoms with Gasteiger partial charge in [-0.25, -0.2) is 0 Å². The highest BCUT2D eigenvalue weighted by Crippen LogP contribution is 2.46. The molecule has 0 N–H and O–H groups in total. The molecule has 0 spiro atoms. The summed E-state index contributed by atoms with van der Waals surface area (Å²) in [5.74, 6) is 2.11. The number of rotatable bonds is 2. The summed E-state index contributed by atoms with van der Waals surface area (Å²) in [7, 11) is 0. The quantitative estimate of drug-likeness (QED) is 0.853. The molecule has 2 aliphatic rings. The summed E-state index contributed by atoms with van der Waals surface area (Å²) in [6.07, 6.45) is 3.04. The van der Waals surface area contributed by atoms with Gasteiger partial charge in [0.15, 0.2) is 5.82 Å². The number of hydrogen-bond acceptors (Lipinski definition) is 3. The summed E-state index contributed by atoms with van der Waals surface area (Å²) < 4.78 is 2.12. The van der Waals surface area contributed by atoms with Crippen molar-refractivity contribution in [3.63, 3.8) is 0 Å². The minimum absolute atomic E-state index is 0.269. The molecule has 0 saturated heterocycles. The lowest BCUT2D eigenvalue weighted by molar-refractivity contribution is -0.142. The lowest BCUT2D eigenvalue weighted by atomic mass is 9.63. The molecule has 2 heterocycles. The monoisotopic (exact) mass is 324 g/mol. The second-order valence-electron chi connectivity index (χ2n) is 7.35. The predicted molar refractivity (Wildman–Crippen MR) is 91.6 cm³/mol. The molecule has 1 aromatic heterocycles. The molecular formula is C19H24N4O. The van der Waals surface area contributed by atoms with Gasteiger partial charge in [-0.3, -0.25) is 4.79 Å². The highest BCUT2D eigenvalue weighted by Gasteiger charge is 2.48. The van der Waals surface area contributed by atoms with Crippen LogP contribution in [-0.2, 0) is 23.3 Å². The van der Waals surface area contributed by atoms with Crippen molar-refractivity contribution in [2.24, 2.45) is 0 Å². The third-order valence-electron chi connectivity index (χ3n) is 5.62. The minimum atomic E-state index is -0.325. The topological polar surface area (TPSA) is 51.0 Å². The molecule has 1 amide bonds. The summed E-state index contributed by atoms with van der Waals surface area (Å²) in [5, 5.41) is 8.38. The summed E-state index contributed by atoms with van der Waals surface area (Å²) in [6, 6.07) is 6.56. The maximum atomic E-state index is 13.4. The van der Waals surface area contributed by atoms with Crippen molar-refractivity contribution in [3.8, 4) is 0 Å². The van der Waals surface area contributed by atoms with Crippen molar-refractivity contribution in [3.05, 3.63) is 46.5 Å². The molecule has 24 heavy (non-hydrogen) atoms. The van der Waals surface area contributed by atoms with Crippen LogP contribution in [0.2, 0.25) is 0 Å². The molecule has 1 aliphatic carbocycles. The molecule has 5 nitrogen and oxygen atoms in total. The summed E-state index contributed by atoms with van der Waals surface area (Å²) >= 11 is 0. The Kier molecular flexibility index (Phi) is 3.48. The van der Waals surface area contributed by atoms with Crippen LogP contribution in [0.15, 0.2) is 18.2 Å². The molecular weight excluding hydrogens is 300 g/mol. The zero-order valence-corrected chi connectivity index (χ0v) is 14.7. The summed E-state index contributed by atoms with van der Waals surface area (Å²) in [4.78, 5) is 15.4. The average molecular weight is 324 g/mol. The predicted octanol–water partition coefficient (Wildman–Crippen LogP) is 2.67. The SMILES string of the molecule is Cc1cc(C)cc(C2(C(=O)N3CCn4c(C)nnc4C3)CCC2)c1. The van der Waals surface area contributed by atoms with E-state index in [1.807, 2.05) is 11.8 Å². The third-order valence-corrected chi connectivity index (χ3v) is 5.62. The number of benzene rings is 1. The highest BCUT2D eigenvalue weighted by atomic mass is 16.2. The number of amides is 1. The van der Waals surface area contributed by atoms with Crippen LogP contribution < -0.4 is 0 Å². The number of fused-ring (bicyclic) bond motifs is 1. The maximum absolute atomic E-state index is 13.4. The second kappa shape index (κ2) is 5.43. The van der Waals surface area contributed by atoms with E-state index in [4.69, 9.17) is 0 Å². The molecule has 2 aromatic rings. The van der Waals surface area contributed by atoms with E-state index in [0.717, 1.165) is 44.0 Å². The molecule has 0 unspecified atom stereocenters. The molecule has 126 valence electrons. The Hall–Kier alpha value is -2.17. The largest absolute Gasteiger partial charge is 0.333 e. The Labute approximate surface area is 142 Å². The molecule has 1 fully saturated rings. The summed E-state index contributed by atoms with van der Waals surface area (Å²) in [5.41, 5.74) is 3.34. The van der Waals surface area contributed by atoms with Gasteiger partial charge in [0.05, 0.1) is 12.0 Å². The third kappa shape index (κ3) is 2.26. The maximum Gasteiger partial charge on any atom is 0.233 e. The number of aromatic nitrogens is 3. The number of hydrogen-bond donors (Lipinski definition) is 0. The van der Waals surface area contributed by atoms with Gasteiger partial charge in [-0.05, 0) is 39.2 Å². The van der Waals surface area contributed by atoms with E-state index in [2.05, 4.69) is 46.8 Å². The van der Waals surface area contributed by atoms with E-state index in [1.54, 1.807) is 0 Å². The minimum Gasteiger partial charge on any atom is -0.333 e. The van der Waals surface area contributed by atoms with Gasteiger partial charge < -0.3 is 9.47 Å². The Balaban J connectivity index is 1.65. The normalized spacial score (nSPS) is 18.9. The van der Waals surface area contributed by atoms with Gasteiger partial charge in [-0.2, -0.15) is 0 Å². The molecule has 4 rings (SSSR count). The van der Waals surface area contributed by atoms with E-state index >= 15 is 0 Å². The summed E-state index contributed by atoms with van der Waals surface area (Å²) in [6.45, 7) is 8.31. The Morgan fingerprint density at radius 3 is 2.38 bits per heavy atom. The van der Waals surface area contributed by atoms with Gasteiger partial charge >= 0.3 is 0 Å². The Morgan fingerprint density at radius 2 is 1.75 bits per heavy atom. The van der Waals surface area contributed by atoms with E-state index < -0.39 is 0 Å². The number of aryl methyl sites for hydroxylation is 3. The van der Waals surface area contributed by atoms with Gasteiger partial charge in [-0.1, -0.05) is 35.7 Å². The Bertz CT molecular complexity index is 783. The van der Waals surface area contributed by atoms with Crippen LogP contribution in [-0.4, -0.2) is 32.1 Å². The first-order chi connectivity index (χ1) is 11.5. The van der Waals surface area contributed by atoms with E-state index in [1.165, 1.54) is 16.7 Å². The van der Waals surface area contributed by atoms with Crippen LogP contribution in [0.5, 0.6) is 0 Å². The molecule has 0 atom stereocenters. The molecule has 1 aromatic carbocycles. The van der Waals surface area contributed by atoms with Crippen molar-refractivity contribution in [2.45, 2.75) is 58.5 Å².